The number of carbonyl (C=O) groups excluding carboxylic acids is 1. The van der Waals surface area contributed by atoms with Crippen molar-refractivity contribution < 1.29 is 15.2 Å². The molecule has 0 aliphatic rings. The molecule has 0 saturated carbocycles. The summed E-state index contributed by atoms with van der Waals surface area (Å²) in [5.74, 6) is -0.539. The van der Waals surface area contributed by atoms with Gasteiger partial charge in [0.25, 0.3) is 5.91 Å². The zero-order chi connectivity index (χ0) is 11.1. The van der Waals surface area contributed by atoms with Crippen LogP contribution < -0.4 is 11.0 Å². The highest BCUT2D eigenvalue weighted by Gasteiger charge is 2.01. The van der Waals surface area contributed by atoms with E-state index in [-0.39, 0.29) is 0 Å². The minimum absolute atomic E-state index is 0.360. The van der Waals surface area contributed by atoms with E-state index in [1.165, 1.54) is 0 Å². The number of carbonyl (C=O) groups is 1. The number of rotatable bonds is 4. The van der Waals surface area contributed by atoms with Gasteiger partial charge in [0.15, 0.2) is 0 Å². The summed E-state index contributed by atoms with van der Waals surface area (Å²) in [6.07, 6.45) is 3.53. The molecule has 0 aromatic heterocycles. The van der Waals surface area contributed by atoms with Gasteiger partial charge in [-0.3, -0.25) is 10.0 Å². The van der Waals surface area contributed by atoms with Gasteiger partial charge in [-0.25, -0.2) is 11.0 Å². The van der Waals surface area contributed by atoms with Gasteiger partial charge in [-0.1, -0.05) is 24.3 Å². The van der Waals surface area contributed by atoms with E-state index in [1.807, 2.05) is 5.48 Å². The number of nitrogens with one attached hydrogen (secondary N) is 2. The molecule has 5 nitrogen and oxygen atoms in total. The third kappa shape index (κ3) is 3.51. The third-order valence-electron chi connectivity index (χ3n) is 1.79. The van der Waals surface area contributed by atoms with Gasteiger partial charge in [-0.15, -0.1) is 0 Å². The van der Waals surface area contributed by atoms with Gasteiger partial charge in [0, 0.05) is 12.1 Å². The topological polar surface area (TPSA) is 81.6 Å². The fourth-order valence-corrected chi connectivity index (χ4v) is 1.06. The average molecular weight is 208 g/mol. The van der Waals surface area contributed by atoms with Crippen molar-refractivity contribution >= 4 is 12.0 Å². The second-order valence-electron chi connectivity index (χ2n) is 2.83. The maximum Gasteiger partial charge on any atom is 0.274 e. The van der Waals surface area contributed by atoms with Crippen molar-refractivity contribution in [3.8, 4) is 0 Å². The summed E-state index contributed by atoms with van der Waals surface area (Å²) < 4.78 is 0. The molecule has 1 rings (SSSR count). The normalized spacial score (nSPS) is 10.5. The Morgan fingerprint density at radius 1 is 1.27 bits per heavy atom. The molecule has 4 N–H and O–H groups in total. The standard InChI is InChI=1S/C10H12N2O3/c13-10(12-15)9-5-3-8(4-6-9)2-1-7-11-14/h1-6,11,14-15H,7H2,(H,12,13)/b2-1+. The Balaban J connectivity index is 2.68. The smallest absolute Gasteiger partial charge is 0.274 e. The molecule has 0 fully saturated rings. The summed E-state index contributed by atoms with van der Waals surface area (Å²) in [4.78, 5) is 11.0. The highest BCUT2D eigenvalue weighted by atomic mass is 16.5. The molecule has 0 heterocycles. The Hall–Kier alpha value is -1.69. The quantitative estimate of drug-likeness (QED) is 0.435. The molecule has 5 heteroatoms. The van der Waals surface area contributed by atoms with Gasteiger partial charge in [0.05, 0.1) is 0 Å². The van der Waals surface area contributed by atoms with Gasteiger partial charge in [0.1, 0.15) is 0 Å². The number of amides is 1. The largest absolute Gasteiger partial charge is 0.317 e. The zero-order valence-electron chi connectivity index (χ0n) is 7.97. The van der Waals surface area contributed by atoms with Crippen LogP contribution in [0.3, 0.4) is 0 Å². The molecule has 0 spiro atoms. The van der Waals surface area contributed by atoms with E-state index in [9.17, 15) is 4.79 Å². The van der Waals surface area contributed by atoms with Gasteiger partial charge in [0.2, 0.25) is 0 Å². The van der Waals surface area contributed by atoms with E-state index in [0.717, 1.165) is 5.56 Å². The number of benzene rings is 1. The van der Waals surface area contributed by atoms with Crippen LogP contribution in [0.4, 0.5) is 0 Å². The van der Waals surface area contributed by atoms with Crippen molar-refractivity contribution in [1.29, 1.82) is 0 Å². The van der Waals surface area contributed by atoms with Crippen LogP contribution in [0.5, 0.6) is 0 Å². The number of hydrogen-bond donors (Lipinski definition) is 4. The summed E-state index contributed by atoms with van der Waals surface area (Å²) in [7, 11) is 0. The van der Waals surface area contributed by atoms with E-state index in [1.54, 1.807) is 41.9 Å². The number of hydroxylamine groups is 2. The molecule has 0 aliphatic carbocycles. The lowest BCUT2D eigenvalue weighted by molar-refractivity contribution is 0.0706. The maximum absolute atomic E-state index is 11.0. The van der Waals surface area contributed by atoms with Gasteiger partial charge in [-0.05, 0) is 17.7 Å². The van der Waals surface area contributed by atoms with E-state index < -0.39 is 5.91 Å². The van der Waals surface area contributed by atoms with Crippen LogP contribution in [-0.2, 0) is 0 Å². The second-order valence-corrected chi connectivity index (χ2v) is 2.83. The number of hydrogen-bond acceptors (Lipinski definition) is 4. The van der Waals surface area contributed by atoms with E-state index in [2.05, 4.69) is 0 Å². The monoisotopic (exact) mass is 208 g/mol. The molecule has 15 heavy (non-hydrogen) atoms. The van der Waals surface area contributed by atoms with Crippen LogP contribution in [0.15, 0.2) is 30.3 Å². The molecule has 0 bridgehead atoms. The molecule has 0 atom stereocenters. The average Bonchev–Trinajstić information content (AvgIpc) is 2.29. The predicted molar refractivity (Wildman–Crippen MR) is 54.5 cm³/mol. The first-order valence-corrected chi connectivity index (χ1v) is 4.36. The molecule has 1 aromatic rings. The molecule has 1 amide bonds. The summed E-state index contributed by atoms with van der Waals surface area (Å²) in [6.45, 7) is 0.360. The molecule has 0 radical (unpaired) electrons. The molecule has 1 aromatic carbocycles. The molecule has 0 unspecified atom stereocenters. The first-order chi connectivity index (χ1) is 7.27. The van der Waals surface area contributed by atoms with Crippen molar-refractivity contribution in [3.63, 3.8) is 0 Å². The molecular weight excluding hydrogens is 196 g/mol. The third-order valence-corrected chi connectivity index (χ3v) is 1.79. The van der Waals surface area contributed by atoms with Crippen LogP contribution in [-0.4, -0.2) is 22.9 Å². The predicted octanol–water partition coefficient (Wildman–Crippen LogP) is 0.798. The zero-order valence-corrected chi connectivity index (χ0v) is 7.97. The summed E-state index contributed by atoms with van der Waals surface area (Å²) in [5, 5.41) is 16.7. The van der Waals surface area contributed by atoms with E-state index >= 15 is 0 Å². The lowest BCUT2D eigenvalue weighted by atomic mass is 10.1. The Labute approximate surface area is 87.0 Å². The minimum Gasteiger partial charge on any atom is -0.317 e. The van der Waals surface area contributed by atoms with E-state index in [4.69, 9.17) is 10.4 Å². The molecule has 0 aliphatic heterocycles. The first-order valence-electron chi connectivity index (χ1n) is 4.36. The van der Waals surface area contributed by atoms with Crippen molar-refractivity contribution in [3.05, 3.63) is 41.5 Å². The van der Waals surface area contributed by atoms with Gasteiger partial charge < -0.3 is 5.21 Å². The fraction of sp³-hybridized carbons (Fsp3) is 0.100. The molecule has 0 saturated heterocycles. The van der Waals surface area contributed by atoms with Crippen LogP contribution in [0.1, 0.15) is 15.9 Å². The highest BCUT2D eigenvalue weighted by Crippen LogP contribution is 2.05. The lowest BCUT2D eigenvalue weighted by Gasteiger charge is -1.98. The Bertz CT molecular complexity index is 346. The highest BCUT2D eigenvalue weighted by molar-refractivity contribution is 5.93. The SMILES string of the molecule is O=C(NO)c1ccc(/C=C/CNO)cc1. The second kappa shape index (κ2) is 5.92. The van der Waals surface area contributed by atoms with Crippen molar-refractivity contribution in [1.82, 2.24) is 11.0 Å². The summed E-state index contributed by atoms with van der Waals surface area (Å²) in [6, 6.07) is 6.66. The first kappa shape index (κ1) is 11.4. The minimum atomic E-state index is -0.539. The van der Waals surface area contributed by atoms with Crippen LogP contribution in [0.25, 0.3) is 6.08 Å². The van der Waals surface area contributed by atoms with Gasteiger partial charge >= 0.3 is 0 Å². The van der Waals surface area contributed by atoms with Crippen molar-refractivity contribution in [2.45, 2.75) is 0 Å². The van der Waals surface area contributed by atoms with Crippen LogP contribution in [0.2, 0.25) is 0 Å². The van der Waals surface area contributed by atoms with Crippen molar-refractivity contribution in [2.24, 2.45) is 0 Å². The lowest BCUT2D eigenvalue weighted by Crippen LogP contribution is -2.18. The summed E-state index contributed by atoms with van der Waals surface area (Å²) in [5.41, 5.74) is 4.83. The van der Waals surface area contributed by atoms with E-state index in [0.29, 0.717) is 12.1 Å². The molecular formula is C10H12N2O3. The molecule has 80 valence electrons. The van der Waals surface area contributed by atoms with Crippen LogP contribution in [0, 0.1) is 0 Å². The maximum atomic E-state index is 11.0. The van der Waals surface area contributed by atoms with Gasteiger partial charge in [-0.2, -0.15) is 0 Å². The Morgan fingerprint density at radius 3 is 2.47 bits per heavy atom. The summed E-state index contributed by atoms with van der Waals surface area (Å²) >= 11 is 0. The Morgan fingerprint density at radius 2 is 1.93 bits per heavy atom. The van der Waals surface area contributed by atoms with Crippen molar-refractivity contribution in [2.75, 3.05) is 6.54 Å². The van der Waals surface area contributed by atoms with Crippen LogP contribution >= 0.6 is 0 Å². The Kier molecular flexibility index (Phi) is 4.49. The fourth-order valence-electron chi connectivity index (χ4n) is 1.06.